The molecule has 1 fully saturated rings. The lowest BCUT2D eigenvalue weighted by atomic mass is 10.00. The summed E-state index contributed by atoms with van der Waals surface area (Å²) in [7, 11) is 2.07. The second kappa shape index (κ2) is 30.1. The summed E-state index contributed by atoms with van der Waals surface area (Å²) in [4.78, 5) is 135. The summed E-state index contributed by atoms with van der Waals surface area (Å²) in [5.41, 5.74) is 15.8. The largest absolute Gasteiger partial charge is 0.508 e. The van der Waals surface area contributed by atoms with Crippen molar-refractivity contribution in [2.75, 3.05) is 18.1 Å². The Balaban J connectivity index is 1.27. The van der Waals surface area contributed by atoms with E-state index >= 15 is 0 Å². The SMILES string of the molecule is CC(=O)NC(Cc1ccccc1)C(=O)NC1CSSCC(C(=O)NC(Cc2c[nH]c3ccccc23)C(N)=O)NC(=O)C(C(C)C)NC(=O)C(CCCCN)NC(=O)C(Cc2c[nH]c3ccccc23)NC(=O)C(Cc2ccc(O)cc2)NC1=O. The van der Waals surface area contributed by atoms with Gasteiger partial charge in [-0.1, -0.05) is 114 Å². The molecule has 1 saturated heterocycles. The normalized spacial score (nSPS) is 20.4. The van der Waals surface area contributed by atoms with E-state index < -0.39 is 107 Å². The zero-order valence-electron chi connectivity index (χ0n) is 46.3. The van der Waals surface area contributed by atoms with Gasteiger partial charge in [0.05, 0.1) is 0 Å². The second-order valence-electron chi connectivity index (χ2n) is 20.8. The van der Waals surface area contributed by atoms with Gasteiger partial charge in [-0.2, -0.15) is 0 Å². The van der Waals surface area contributed by atoms with E-state index in [2.05, 4.69) is 52.5 Å². The monoisotopic (exact) mass is 1170 g/mol. The van der Waals surface area contributed by atoms with E-state index in [4.69, 9.17) is 11.5 Å². The zero-order valence-corrected chi connectivity index (χ0v) is 48.0. The van der Waals surface area contributed by atoms with Crippen LogP contribution >= 0.6 is 21.6 Å². The Kier molecular flexibility index (Phi) is 22.6. The molecule has 7 rings (SSSR count). The minimum atomic E-state index is -1.44. The Morgan fingerprint density at radius 2 is 1.19 bits per heavy atom. The highest BCUT2D eigenvalue weighted by molar-refractivity contribution is 8.76. The number of aromatic hydroxyl groups is 1. The van der Waals surface area contributed by atoms with Crippen LogP contribution in [-0.4, -0.2) is 135 Å². The van der Waals surface area contributed by atoms with Crippen molar-refractivity contribution in [1.82, 2.24) is 52.5 Å². The molecule has 1 aliphatic heterocycles. The van der Waals surface area contributed by atoms with Gasteiger partial charge < -0.3 is 69.1 Å². The first-order chi connectivity index (χ1) is 39.9. The van der Waals surface area contributed by atoms with E-state index in [1.54, 1.807) is 68.7 Å². The lowest BCUT2D eigenvalue weighted by molar-refractivity contribution is -0.136. The van der Waals surface area contributed by atoms with Gasteiger partial charge in [-0.3, -0.25) is 43.2 Å². The van der Waals surface area contributed by atoms with Crippen molar-refractivity contribution in [1.29, 1.82) is 0 Å². The predicted octanol–water partition coefficient (Wildman–Crippen LogP) is 2.19. The van der Waals surface area contributed by atoms with Crippen LogP contribution in [0.4, 0.5) is 0 Å². The molecule has 24 heteroatoms. The minimum absolute atomic E-state index is 0.00969. The lowest BCUT2D eigenvalue weighted by Gasteiger charge is -2.29. The number of fused-ring (bicyclic) bond motifs is 2. The van der Waals surface area contributed by atoms with E-state index in [0.29, 0.717) is 35.1 Å². The van der Waals surface area contributed by atoms with Gasteiger partial charge in [-0.15, -0.1) is 0 Å². The van der Waals surface area contributed by atoms with Gasteiger partial charge in [0.25, 0.3) is 0 Å². The fraction of sp³-hybridized carbons (Fsp3) is 0.373. The molecule has 1 aliphatic rings. The van der Waals surface area contributed by atoms with Crippen LogP contribution < -0.4 is 54.0 Å². The second-order valence-corrected chi connectivity index (χ2v) is 23.3. The standard InChI is InChI=1S/C59H72N12O10S2/c1-33(2)51-59(81)70-50(57(79)66-45(52(61)74)27-37-29-62-42-17-9-7-15-40(37)42)32-83-82-31-49(69-54(76)46(64-34(3)72)25-35-13-5-4-6-14-35)58(80)67-47(26-36-20-22-39(73)23-21-36)55(77)68-48(28-38-30-63-43-18-10-8-16-41(38)43)56(78)65-44(53(75)71-51)19-11-12-24-60/h4-10,13-18,20-23,29-30,33,44-51,62-63,73H,11-12,19,24-28,31-32,60H2,1-3H3,(H2,61,74)(H,64,72)(H,65,78)(H,66,79)(H,67,80)(H,68,77)(H,69,76)(H,70,81)(H,71,75). The van der Waals surface area contributed by atoms with Crippen LogP contribution in [0, 0.1) is 5.92 Å². The number of hydrogen-bond donors (Lipinski definition) is 13. The maximum absolute atomic E-state index is 15.0. The molecule has 0 spiro atoms. The molecule has 15 N–H and O–H groups in total. The average molecular weight is 1170 g/mol. The molecule has 0 saturated carbocycles. The number of carbonyl (C=O) groups is 9. The number of para-hydroxylation sites is 2. The first-order valence-corrected chi connectivity index (χ1v) is 29.9. The fourth-order valence-corrected chi connectivity index (χ4v) is 12.0. The summed E-state index contributed by atoms with van der Waals surface area (Å²) in [6.45, 7) is 4.90. The lowest BCUT2D eigenvalue weighted by Crippen LogP contribution is -2.62. The average Bonchev–Trinajstić information content (AvgIpc) is 4.32. The van der Waals surface area contributed by atoms with E-state index in [9.17, 15) is 48.3 Å². The van der Waals surface area contributed by atoms with Crippen molar-refractivity contribution in [2.45, 2.75) is 114 Å². The third-order valence-electron chi connectivity index (χ3n) is 14.1. The van der Waals surface area contributed by atoms with Crippen LogP contribution in [0.1, 0.15) is 62.3 Å². The van der Waals surface area contributed by atoms with E-state index in [-0.39, 0.29) is 55.9 Å². The van der Waals surface area contributed by atoms with Crippen molar-refractivity contribution in [3.05, 3.63) is 138 Å². The van der Waals surface area contributed by atoms with E-state index in [0.717, 1.165) is 43.4 Å². The Morgan fingerprint density at radius 3 is 1.83 bits per heavy atom. The molecule has 0 radical (unpaired) electrons. The molecule has 4 aromatic carbocycles. The zero-order chi connectivity index (χ0) is 59.6. The summed E-state index contributed by atoms with van der Waals surface area (Å²) < 4.78 is 0. The molecule has 2 aromatic heterocycles. The van der Waals surface area contributed by atoms with Crippen molar-refractivity contribution < 1.29 is 48.3 Å². The van der Waals surface area contributed by atoms with Gasteiger partial charge in [-0.05, 0) is 78.2 Å². The molecule has 0 aliphatic carbocycles. The number of amides is 9. The molecule has 3 heterocycles. The first kappa shape index (κ1) is 62.3. The Bertz CT molecular complexity index is 3250. The molecule has 8 unspecified atom stereocenters. The maximum atomic E-state index is 15.0. The number of benzene rings is 4. The Morgan fingerprint density at radius 1 is 0.614 bits per heavy atom. The number of carbonyl (C=O) groups excluding carboxylic acids is 9. The number of nitrogens with two attached hydrogens (primary N) is 2. The highest BCUT2D eigenvalue weighted by Gasteiger charge is 2.37. The minimum Gasteiger partial charge on any atom is -0.508 e. The number of aromatic amines is 2. The molecule has 83 heavy (non-hydrogen) atoms. The van der Waals surface area contributed by atoms with Crippen LogP contribution in [0.3, 0.4) is 0 Å². The number of aromatic nitrogens is 2. The molecule has 0 bridgehead atoms. The third-order valence-corrected chi connectivity index (χ3v) is 16.5. The van der Waals surface area contributed by atoms with Crippen LogP contribution in [-0.2, 0) is 68.8 Å². The quantitative estimate of drug-likeness (QED) is 0.0409. The van der Waals surface area contributed by atoms with Gasteiger partial charge in [0.15, 0.2) is 0 Å². The number of hydrogen-bond acceptors (Lipinski definition) is 13. The summed E-state index contributed by atoms with van der Waals surface area (Å²) in [6, 6.07) is 18.9. The first-order valence-electron chi connectivity index (χ1n) is 27.4. The van der Waals surface area contributed by atoms with E-state index in [1.165, 1.54) is 19.1 Å². The predicted molar refractivity (Wildman–Crippen MR) is 319 cm³/mol. The maximum Gasteiger partial charge on any atom is 0.244 e. The van der Waals surface area contributed by atoms with Crippen LogP contribution in [0.25, 0.3) is 21.8 Å². The Labute approximate surface area is 488 Å². The summed E-state index contributed by atoms with van der Waals surface area (Å²) in [6.07, 6.45) is 4.09. The van der Waals surface area contributed by atoms with E-state index in [1.807, 2.05) is 48.5 Å². The number of primary amides is 1. The number of phenols is 1. The van der Waals surface area contributed by atoms with Gasteiger partial charge in [-0.25, -0.2) is 0 Å². The molecular formula is C59H72N12O10S2. The number of unbranched alkanes of at least 4 members (excludes halogenated alkanes) is 1. The highest BCUT2D eigenvalue weighted by Crippen LogP contribution is 2.26. The van der Waals surface area contributed by atoms with Crippen LogP contribution in [0.15, 0.2) is 116 Å². The van der Waals surface area contributed by atoms with Crippen LogP contribution in [0.5, 0.6) is 5.75 Å². The van der Waals surface area contributed by atoms with Crippen molar-refractivity contribution in [2.24, 2.45) is 17.4 Å². The summed E-state index contributed by atoms with van der Waals surface area (Å²) in [5.74, 6) is -7.93. The molecule has 440 valence electrons. The molecule has 22 nitrogen and oxygen atoms in total. The summed E-state index contributed by atoms with van der Waals surface area (Å²) >= 11 is 0. The molecular weight excluding hydrogens is 1100 g/mol. The number of H-pyrrole nitrogens is 2. The Hall–Kier alpha value is -8.35. The van der Waals surface area contributed by atoms with Gasteiger partial charge in [0.1, 0.15) is 54.1 Å². The van der Waals surface area contributed by atoms with Crippen LogP contribution in [0.2, 0.25) is 0 Å². The number of phenolic OH excluding ortho intramolecular Hbond substituents is 1. The fourth-order valence-electron chi connectivity index (χ4n) is 9.63. The number of nitrogens with one attached hydrogen (secondary N) is 10. The topological polar surface area (TPSA) is 354 Å². The highest BCUT2D eigenvalue weighted by atomic mass is 33.1. The van der Waals surface area contributed by atoms with Crippen molar-refractivity contribution in [3.8, 4) is 5.75 Å². The molecule has 6 aromatic rings. The molecule has 8 atom stereocenters. The number of rotatable bonds is 19. The molecule has 9 amide bonds. The van der Waals surface area contributed by atoms with Gasteiger partial charge >= 0.3 is 0 Å². The summed E-state index contributed by atoms with van der Waals surface area (Å²) in [5, 5.41) is 34.0. The smallest absolute Gasteiger partial charge is 0.244 e. The van der Waals surface area contributed by atoms with Crippen molar-refractivity contribution in [3.63, 3.8) is 0 Å². The van der Waals surface area contributed by atoms with Gasteiger partial charge in [0.2, 0.25) is 53.2 Å². The van der Waals surface area contributed by atoms with Crippen molar-refractivity contribution >= 4 is 96.6 Å². The third kappa shape index (κ3) is 17.8. The van der Waals surface area contributed by atoms with Gasteiger partial charge in [0, 0.05) is 78.3 Å².